The summed E-state index contributed by atoms with van der Waals surface area (Å²) in [6.07, 6.45) is 1.63. The van der Waals surface area contributed by atoms with Crippen molar-refractivity contribution in [3.05, 3.63) is 0 Å². The first kappa shape index (κ1) is 12.8. The van der Waals surface area contributed by atoms with E-state index in [2.05, 4.69) is 17.9 Å². The predicted octanol–water partition coefficient (Wildman–Crippen LogP) is -0.144. The van der Waals surface area contributed by atoms with E-state index in [4.69, 9.17) is 0 Å². The van der Waals surface area contributed by atoms with Crippen molar-refractivity contribution in [1.82, 2.24) is 5.32 Å². The lowest BCUT2D eigenvalue weighted by Crippen LogP contribution is -2.31. The Hall–Kier alpha value is -0.230. The molecular formula is C7H15NO3S2. The molecule has 0 spiro atoms. The average molecular weight is 225 g/mol. The largest absolute Gasteiger partial charge is 0.355 e. The number of thiol groups is 1. The van der Waals surface area contributed by atoms with Crippen LogP contribution in [0.5, 0.6) is 0 Å². The molecule has 0 fully saturated rings. The van der Waals surface area contributed by atoms with Gasteiger partial charge >= 0.3 is 0 Å². The number of rotatable bonds is 5. The Kier molecular flexibility index (Phi) is 5.39. The predicted molar refractivity (Wildman–Crippen MR) is 55.8 cm³/mol. The fourth-order valence-electron chi connectivity index (χ4n) is 0.694. The van der Waals surface area contributed by atoms with Gasteiger partial charge in [-0.3, -0.25) is 4.79 Å². The van der Waals surface area contributed by atoms with Crippen LogP contribution in [0.15, 0.2) is 0 Å². The van der Waals surface area contributed by atoms with E-state index >= 15 is 0 Å². The number of sulfone groups is 1. The molecule has 1 atom stereocenters. The maximum Gasteiger partial charge on any atom is 0.232 e. The molecule has 0 aliphatic rings. The van der Waals surface area contributed by atoms with Crippen molar-refractivity contribution >= 4 is 28.4 Å². The zero-order valence-electron chi connectivity index (χ0n) is 7.78. The summed E-state index contributed by atoms with van der Waals surface area (Å²) >= 11 is 3.92. The molecule has 1 unspecified atom stereocenters. The van der Waals surface area contributed by atoms with E-state index < -0.39 is 9.84 Å². The molecule has 0 bridgehead atoms. The molecule has 6 heteroatoms. The van der Waals surface area contributed by atoms with Crippen LogP contribution in [-0.2, 0) is 14.6 Å². The fraction of sp³-hybridized carbons (Fsp3) is 0.857. The molecule has 1 amide bonds. The molecule has 78 valence electrons. The Balaban J connectivity index is 3.53. The second-order valence-corrected chi connectivity index (χ2v) is 5.98. The lowest BCUT2D eigenvalue weighted by atomic mass is 10.4. The fourth-order valence-corrected chi connectivity index (χ4v) is 1.45. The SMILES string of the molecule is CC(S)C(=O)NCCCS(C)(=O)=O. The summed E-state index contributed by atoms with van der Waals surface area (Å²) in [6.45, 7) is 2.05. The molecular weight excluding hydrogens is 210 g/mol. The molecule has 4 nitrogen and oxygen atoms in total. The lowest BCUT2D eigenvalue weighted by molar-refractivity contribution is -0.120. The van der Waals surface area contributed by atoms with Gasteiger partial charge in [-0.15, -0.1) is 0 Å². The first-order chi connectivity index (χ1) is 5.83. The highest BCUT2D eigenvalue weighted by atomic mass is 32.2. The van der Waals surface area contributed by atoms with E-state index in [-0.39, 0.29) is 16.9 Å². The number of hydrogen-bond acceptors (Lipinski definition) is 4. The maximum atomic E-state index is 10.9. The van der Waals surface area contributed by atoms with E-state index in [1.165, 1.54) is 6.26 Å². The Morgan fingerprint density at radius 3 is 2.46 bits per heavy atom. The molecule has 0 aromatic rings. The molecule has 1 N–H and O–H groups in total. The zero-order valence-corrected chi connectivity index (χ0v) is 9.49. The maximum absolute atomic E-state index is 10.9. The smallest absolute Gasteiger partial charge is 0.232 e. The minimum atomic E-state index is -2.91. The molecule has 0 radical (unpaired) electrons. The van der Waals surface area contributed by atoms with Crippen molar-refractivity contribution in [3.8, 4) is 0 Å². The zero-order chi connectivity index (χ0) is 10.5. The van der Waals surface area contributed by atoms with E-state index in [0.29, 0.717) is 13.0 Å². The quantitative estimate of drug-likeness (QED) is 0.505. The molecule has 0 aliphatic heterocycles. The van der Waals surface area contributed by atoms with Gasteiger partial charge in [-0.05, 0) is 13.3 Å². The topological polar surface area (TPSA) is 63.2 Å². The third-order valence-electron chi connectivity index (χ3n) is 1.37. The third-order valence-corrected chi connectivity index (χ3v) is 2.64. The second kappa shape index (κ2) is 5.49. The van der Waals surface area contributed by atoms with Gasteiger partial charge in [0, 0.05) is 12.8 Å². The molecule has 0 aliphatic carbocycles. The van der Waals surface area contributed by atoms with Gasteiger partial charge < -0.3 is 5.32 Å². The van der Waals surface area contributed by atoms with Crippen molar-refractivity contribution in [2.45, 2.75) is 18.6 Å². The van der Waals surface area contributed by atoms with Gasteiger partial charge in [0.15, 0.2) is 0 Å². The molecule has 0 rings (SSSR count). The number of amides is 1. The summed E-state index contributed by atoms with van der Waals surface area (Å²) in [5.74, 6) is -0.0642. The van der Waals surface area contributed by atoms with Crippen molar-refractivity contribution in [2.24, 2.45) is 0 Å². The van der Waals surface area contributed by atoms with E-state index in [9.17, 15) is 13.2 Å². The van der Waals surface area contributed by atoms with Crippen LogP contribution < -0.4 is 5.32 Å². The van der Waals surface area contributed by atoms with Gasteiger partial charge in [0.1, 0.15) is 9.84 Å². The van der Waals surface area contributed by atoms with E-state index in [1.807, 2.05) is 0 Å². The van der Waals surface area contributed by atoms with Crippen molar-refractivity contribution in [3.63, 3.8) is 0 Å². The summed E-state index contributed by atoms with van der Waals surface area (Å²) in [7, 11) is -2.91. The number of carbonyl (C=O) groups is 1. The van der Waals surface area contributed by atoms with Crippen LogP contribution in [0.1, 0.15) is 13.3 Å². The first-order valence-electron chi connectivity index (χ1n) is 3.96. The van der Waals surface area contributed by atoms with E-state index in [1.54, 1.807) is 6.92 Å². The Bertz CT molecular complexity index is 259. The lowest BCUT2D eigenvalue weighted by Gasteiger charge is -2.05. The number of carbonyl (C=O) groups excluding carboxylic acids is 1. The summed E-state index contributed by atoms with van der Waals surface area (Å²) in [6, 6.07) is 0. The van der Waals surface area contributed by atoms with Gasteiger partial charge in [0.2, 0.25) is 5.91 Å². The minimum Gasteiger partial charge on any atom is -0.355 e. The van der Waals surface area contributed by atoms with Crippen LogP contribution in [0.3, 0.4) is 0 Å². The molecule has 0 aromatic heterocycles. The van der Waals surface area contributed by atoms with Crippen LogP contribution in [0.4, 0.5) is 0 Å². The third kappa shape index (κ3) is 8.11. The number of hydrogen-bond donors (Lipinski definition) is 2. The summed E-state index contributed by atoms with van der Waals surface area (Å²) in [5, 5.41) is 2.23. The van der Waals surface area contributed by atoms with Crippen molar-refractivity contribution in [1.29, 1.82) is 0 Å². The van der Waals surface area contributed by atoms with Crippen LogP contribution >= 0.6 is 12.6 Å². The van der Waals surface area contributed by atoms with Crippen LogP contribution in [-0.4, -0.2) is 38.1 Å². The van der Waals surface area contributed by atoms with Crippen LogP contribution in [0.25, 0.3) is 0 Å². The van der Waals surface area contributed by atoms with Gasteiger partial charge in [0.05, 0.1) is 11.0 Å². The molecule has 0 saturated heterocycles. The minimum absolute atomic E-state index is 0.105. The normalized spacial score (nSPS) is 13.8. The molecule has 0 heterocycles. The average Bonchev–Trinajstić information content (AvgIpc) is 1.95. The standard InChI is InChI=1S/C7H15NO3S2/c1-6(12)7(9)8-4-3-5-13(2,10)11/h6,12H,3-5H2,1-2H3,(H,8,9). The van der Waals surface area contributed by atoms with Gasteiger partial charge in [-0.2, -0.15) is 12.6 Å². The highest BCUT2D eigenvalue weighted by molar-refractivity contribution is 7.90. The summed E-state index contributed by atoms with van der Waals surface area (Å²) < 4.78 is 21.4. The molecule has 0 saturated carbocycles. The van der Waals surface area contributed by atoms with Crippen LogP contribution in [0.2, 0.25) is 0 Å². The Morgan fingerprint density at radius 1 is 1.54 bits per heavy atom. The Morgan fingerprint density at radius 2 is 2.08 bits per heavy atom. The Labute approximate surface area is 84.4 Å². The van der Waals surface area contributed by atoms with Gasteiger partial charge in [-0.1, -0.05) is 0 Å². The number of nitrogens with one attached hydrogen (secondary N) is 1. The van der Waals surface area contributed by atoms with Gasteiger partial charge in [-0.25, -0.2) is 8.42 Å². The summed E-state index contributed by atoms with van der Waals surface area (Å²) in [5.41, 5.74) is 0. The molecule has 0 aromatic carbocycles. The molecule has 13 heavy (non-hydrogen) atoms. The highest BCUT2D eigenvalue weighted by Crippen LogP contribution is 1.92. The monoisotopic (exact) mass is 225 g/mol. The first-order valence-corrected chi connectivity index (χ1v) is 6.54. The van der Waals surface area contributed by atoms with Crippen molar-refractivity contribution in [2.75, 3.05) is 18.6 Å². The highest BCUT2D eigenvalue weighted by Gasteiger charge is 2.07. The van der Waals surface area contributed by atoms with Gasteiger partial charge in [0.25, 0.3) is 0 Å². The van der Waals surface area contributed by atoms with Crippen LogP contribution in [0, 0.1) is 0 Å². The van der Waals surface area contributed by atoms with Crippen molar-refractivity contribution < 1.29 is 13.2 Å². The second-order valence-electron chi connectivity index (χ2n) is 2.95. The van der Waals surface area contributed by atoms with E-state index in [0.717, 1.165) is 0 Å². The summed E-state index contributed by atoms with van der Waals surface area (Å²) in [4.78, 5) is 10.9.